The molecule has 2 aromatic carbocycles. The molecule has 2 N–H and O–H groups in total. The quantitative estimate of drug-likeness (QED) is 0.718. The molecule has 1 aromatic heterocycles. The first-order valence-electron chi connectivity index (χ1n) is 6.36. The predicted molar refractivity (Wildman–Crippen MR) is 73.3 cm³/mol. The number of fused-ring (bicyclic) bond motifs is 1. The molecule has 0 fully saturated rings. The molecule has 0 aliphatic carbocycles. The van der Waals surface area contributed by atoms with Crippen molar-refractivity contribution in [1.29, 1.82) is 0 Å². The molecule has 0 saturated carbocycles. The summed E-state index contributed by atoms with van der Waals surface area (Å²) in [5.74, 6) is -3.78. The van der Waals surface area contributed by atoms with E-state index in [9.17, 15) is 13.2 Å². The van der Waals surface area contributed by atoms with Gasteiger partial charge in [0.15, 0.2) is 17.5 Å². The van der Waals surface area contributed by atoms with Gasteiger partial charge in [0.25, 0.3) is 0 Å². The van der Waals surface area contributed by atoms with E-state index in [1.54, 1.807) is 12.1 Å². The second kappa shape index (κ2) is 4.93. The Morgan fingerprint density at radius 2 is 1.76 bits per heavy atom. The molecule has 3 rings (SSSR count). The molecule has 2 nitrogen and oxygen atoms in total. The van der Waals surface area contributed by atoms with Crippen LogP contribution in [0.1, 0.15) is 22.9 Å². The van der Waals surface area contributed by atoms with Gasteiger partial charge in [-0.2, -0.15) is 0 Å². The van der Waals surface area contributed by atoms with Crippen LogP contribution in [0.3, 0.4) is 0 Å². The summed E-state index contributed by atoms with van der Waals surface area (Å²) in [6, 6.07) is 8.19. The Kier molecular flexibility index (Phi) is 3.22. The first-order valence-corrected chi connectivity index (χ1v) is 6.36. The van der Waals surface area contributed by atoms with Crippen LogP contribution in [-0.2, 0) is 0 Å². The van der Waals surface area contributed by atoms with Gasteiger partial charge in [-0.3, -0.25) is 0 Å². The van der Waals surface area contributed by atoms with E-state index in [0.717, 1.165) is 23.1 Å². The van der Waals surface area contributed by atoms with E-state index in [1.807, 2.05) is 19.1 Å². The highest BCUT2D eigenvalue weighted by atomic mass is 19.2. The SMILES string of the molecule is Cc1ccc2oc(C(N)c3ccc(F)c(F)c3F)cc2c1. The first-order chi connectivity index (χ1) is 9.97. The molecule has 0 aliphatic heterocycles. The number of aryl methyl sites for hydroxylation is 1. The molecule has 0 aliphatic rings. The maximum atomic E-state index is 13.8. The summed E-state index contributed by atoms with van der Waals surface area (Å²) >= 11 is 0. The lowest BCUT2D eigenvalue weighted by molar-refractivity contribution is 0.432. The lowest BCUT2D eigenvalue weighted by Crippen LogP contribution is -2.14. The molecule has 21 heavy (non-hydrogen) atoms. The lowest BCUT2D eigenvalue weighted by Gasteiger charge is -2.10. The van der Waals surface area contributed by atoms with Gasteiger partial charge in [0.05, 0.1) is 6.04 Å². The van der Waals surface area contributed by atoms with Gasteiger partial charge in [0, 0.05) is 10.9 Å². The minimum Gasteiger partial charge on any atom is -0.459 e. The molecule has 1 atom stereocenters. The highest BCUT2D eigenvalue weighted by Crippen LogP contribution is 2.29. The fourth-order valence-electron chi connectivity index (χ4n) is 2.27. The molecule has 3 aromatic rings. The van der Waals surface area contributed by atoms with Crippen molar-refractivity contribution in [3.8, 4) is 0 Å². The van der Waals surface area contributed by atoms with E-state index >= 15 is 0 Å². The van der Waals surface area contributed by atoms with Crippen molar-refractivity contribution in [3.05, 3.63) is 70.7 Å². The zero-order chi connectivity index (χ0) is 15.1. The maximum absolute atomic E-state index is 13.8. The number of rotatable bonds is 2. The fourth-order valence-corrected chi connectivity index (χ4v) is 2.27. The molecule has 0 amide bonds. The smallest absolute Gasteiger partial charge is 0.194 e. The highest BCUT2D eigenvalue weighted by Gasteiger charge is 2.22. The Morgan fingerprint density at radius 3 is 2.52 bits per heavy atom. The molecule has 5 heteroatoms. The van der Waals surface area contributed by atoms with Crippen LogP contribution in [0.4, 0.5) is 13.2 Å². The Labute approximate surface area is 119 Å². The third-order valence-corrected chi connectivity index (χ3v) is 3.40. The van der Waals surface area contributed by atoms with E-state index in [0.29, 0.717) is 11.3 Å². The van der Waals surface area contributed by atoms with Crippen LogP contribution in [0.25, 0.3) is 11.0 Å². The number of benzene rings is 2. The third kappa shape index (κ3) is 2.29. The van der Waals surface area contributed by atoms with Crippen molar-refractivity contribution in [2.75, 3.05) is 0 Å². The van der Waals surface area contributed by atoms with Gasteiger partial charge >= 0.3 is 0 Å². The standard InChI is InChI=1S/C16H12F3NO/c1-8-2-5-12-9(6-8)7-13(21-12)16(20)10-3-4-11(17)15(19)14(10)18/h2-7,16H,20H2,1H3. The van der Waals surface area contributed by atoms with E-state index < -0.39 is 23.5 Å². The Hall–Kier alpha value is -2.27. The topological polar surface area (TPSA) is 39.2 Å². The van der Waals surface area contributed by atoms with Gasteiger partial charge in [-0.15, -0.1) is 0 Å². The lowest BCUT2D eigenvalue weighted by atomic mass is 10.0. The monoisotopic (exact) mass is 291 g/mol. The summed E-state index contributed by atoms with van der Waals surface area (Å²) in [4.78, 5) is 0. The predicted octanol–water partition coefficient (Wildman–Crippen LogP) is 4.21. The van der Waals surface area contributed by atoms with Crippen LogP contribution < -0.4 is 5.73 Å². The summed E-state index contributed by atoms with van der Waals surface area (Å²) in [5.41, 5.74) is 7.42. The van der Waals surface area contributed by atoms with Crippen molar-refractivity contribution >= 4 is 11.0 Å². The number of halogens is 3. The van der Waals surface area contributed by atoms with Crippen molar-refractivity contribution in [1.82, 2.24) is 0 Å². The second-order valence-electron chi connectivity index (χ2n) is 4.93. The summed E-state index contributed by atoms with van der Waals surface area (Å²) in [5, 5.41) is 0.823. The van der Waals surface area contributed by atoms with Crippen molar-refractivity contribution < 1.29 is 17.6 Å². The highest BCUT2D eigenvalue weighted by molar-refractivity contribution is 5.78. The summed E-state index contributed by atoms with van der Waals surface area (Å²) < 4.78 is 45.6. The summed E-state index contributed by atoms with van der Waals surface area (Å²) in [6.45, 7) is 1.93. The summed E-state index contributed by atoms with van der Waals surface area (Å²) in [7, 11) is 0. The van der Waals surface area contributed by atoms with Crippen molar-refractivity contribution in [3.63, 3.8) is 0 Å². The number of nitrogens with two attached hydrogens (primary N) is 1. The zero-order valence-electron chi connectivity index (χ0n) is 11.2. The maximum Gasteiger partial charge on any atom is 0.194 e. The minimum absolute atomic E-state index is 0.148. The van der Waals surface area contributed by atoms with Gasteiger partial charge in [0.1, 0.15) is 11.3 Å². The van der Waals surface area contributed by atoms with Crippen LogP contribution >= 0.6 is 0 Å². The largest absolute Gasteiger partial charge is 0.459 e. The van der Waals surface area contributed by atoms with Gasteiger partial charge in [-0.05, 0) is 31.2 Å². The molecule has 0 bridgehead atoms. The molecule has 108 valence electrons. The molecule has 0 spiro atoms. The first kappa shape index (κ1) is 13.7. The average Bonchev–Trinajstić information content (AvgIpc) is 2.87. The molecule has 0 radical (unpaired) electrons. The van der Waals surface area contributed by atoms with Crippen LogP contribution in [0.2, 0.25) is 0 Å². The van der Waals surface area contributed by atoms with E-state index in [4.69, 9.17) is 10.2 Å². The average molecular weight is 291 g/mol. The Bertz CT molecular complexity index is 826. The van der Waals surface area contributed by atoms with Gasteiger partial charge in [-0.1, -0.05) is 17.7 Å². The van der Waals surface area contributed by atoms with Crippen LogP contribution in [0.15, 0.2) is 40.8 Å². The van der Waals surface area contributed by atoms with Gasteiger partial charge < -0.3 is 10.2 Å². The molecule has 0 saturated heterocycles. The number of hydrogen-bond acceptors (Lipinski definition) is 2. The van der Waals surface area contributed by atoms with Crippen LogP contribution in [0.5, 0.6) is 0 Å². The number of hydrogen-bond donors (Lipinski definition) is 1. The van der Waals surface area contributed by atoms with Crippen LogP contribution in [0, 0.1) is 24.4 Å². The van der Waals surface area contributed by atoms with E-state index in [1.165, 1.54) is 0 Å². The molecular formula is C16H12F3NO. The molecule has 1 unspecified atom stereocenters. The van der Waals surface area contributed by atoms with E-state index in [-0.39, 0.29) is 5.56 Å². The van der Waals surface area contributed by atoms with Crippen LogP contribution in [-0.4, -0.2) is 0 Å². The normalized spacial score (nSPS) is 12.8. The fraction of sp³-hybridized carbons (Fsp3) is 0.125. The van der Waals surface area contributed by atoms with E-state index in [2.05, 4.69) is 0 Å². The second-order valence-corrected chi connectivity index (χ2v) is 4.93. The third-order valence-electron chi connectivity index (χ3n) is 3.40. The number of furan rings is 1. The minimum atomic E-state index is -1.53. The molecule has 1 heterocycles. The Balaban J connectivity index is 2.08. The zero-order valence-corrected chi connectivity index (χ0v) is 11.2. The van der Waals surface area contributed by atoms with Gasteiger partial charge in [-0.25, -0.2) is 13.2 Å². The molecular weight excluding hydrogens is 279 g/mol. The van der Waals surface area contributed by atoms with Gasteiger partial charge in [0.2, 0.25) is 0 Å². The van der Waals surface area contributed by atoms with Crippen molar-refractivity contribution in [2.24, 2.45) is 5.73 Å². The Morgan fingerprint density at radius 1 is 1.00 bits per heavy atom. The summed E-state index contributed by atoms with van der Waals surface area (Å²) in [6.07, 6.45) is 0. The van der Waals surface area contributed by atoms with Crippen molar-refractivity contribution in [2.45, 2.75) is 13.0 Å².